The van der Waals surface area contributed by atoms with Crippen LogP contribution in [0.1, 0.15) is 31.4 Å². The molecule has 2 rings (SSSR count). The third-order valence-electron chi connectivity index (χ3n) is 3.70. The Bertz CT molecular complexity index is 532. The quantitative estimate of drug-likeness (QED) is 0.645. The van der Waals surface area contributed by atoms with Crippen LogP contribution in [0.15, 0.2) is 24.3 Å². The summed E-state index contributed by atoms with van der Waals surface area (Å²) >= 11 is 0. The summed E-state index contributed by atoms with van der Waals surface area (Å²) in [7, 11) is 0. The van der Waals surface area contributed by atoms with Gasteiger partial charge >= 0.3 is 6.03 Å². The van der Waals surface area contributed by atoms with Crippen molar-refractivity contribution >= 4 is 17.6 Å². The maximum Gasteiger partial charge on any atom is 0.316 e. The molecule has 1 aliphatic heterocycles. The van der Waals surface area contributed by atoms with Gasteiger partial charge in [-0.1, -0.05) is 12.1 Å². The average molecular weight is 306 g/mol. The summed E-state index contributed by atoms with van der Waals surface area (Å²) in [6, 6.07) is 6.36. The number of amides is 3. The molecule has 6 N–H and O–H groups in total. The van der Waals surface area contributed by atoms with Crippen LogP contribution in [0, 0.1) is 0 Å². The fourth-order valence-electron chi connectivity index (χ4n) is 2.46. The SMILES string of the molecule is CC(NC(=O)[C@@H]1CC[C@H](CN)O1)c1ccc(NC(N)=O)cc1. The van der Waals surface area contributed by atoms with Crippen molar-refractivity contribution in [3.63, 3.8) is 0 Å². The second-order valence-electron chi connectivity index (χ2n) is 5.40. The summed E-state index contributed by atoms with van der Waals surface area (Å²) in [6.07, 6.45) is 1.07. The van der Waals surface area contributed by atoms with Crippen molar-refractivity contribution < 1.29 is 14.3 Å². The van der Waals surface area contributed by atoms with Crippen molar-refractivity contribution in [3.8, 4) is 0 Å². The number of hydrogen-bond acceptors (Lipinski definition) is 4. The first kappa shape index (κ1) is 16.3. The van der Waals surface area contributed by atoms with Crippen LogP contribution in [-0.4, -0.2) is 30.7 Å². The molecule has 0 saturated carbocycles. The van der Waals surface area contributed by atoms with Crippen molar-refractivity contribution in [1.29, 1.82) is 0 Å². The zero-order valence-electron chi connectivity index (χ0n) is 12.5. The molecule has 0 bridgehead atoms. The van der Waals surface area contributed by atoms with Gasteiger partial charge in [-0.15, -0.1) is 0 Å². The smallest absolute Gasteiger partial charge is 0.316 e. The van der Waals surface area contributed by atoms with Crippen LogP contribution in [0.2, 0.25) is 0 Å². The van der Waals surface area contributed by atoms with Gasteiger partial charge in [0.1, 0.15) is 6.10 Å². The predicted octanol–water partition coefficient (Wildman–Crippen LogP) is 0.861. The van der Waals surface area contributed by atoms with Crippen molar-refractivity contribution in [2.75, 3.05) is 11.9 Å². The second kappa shape index (κ2) is 7.24. The number of ether oxygens (including phenoxy) is 1. The fourth-order valence-corrected chi connectivity index (χ4v) is 2.46. The highest BCUT2D eigenvalue weighted by atomic mass is 16.5. The topological polar surface area (TPSA) is 119 Å². The minimum absolute atomic E-state index is 0.0230. The molecule has 1 aliphatic rings. The highest BCUT2D eigenvalue weighted by Gasteiger charge is 2.30. The molecule has 0 spiro atoms. The number of nitrogens with one attached hydrogen (secondary N) is 2. The first-order valence-electron chi connectivity index (χ1n) is 7.32. The van der Waals surface area contributed by atoms with Gasteiger partial charge in [0.2, 0.25) is 5.91 Å². The molecule has 0 aliphatic carbocycles. The Morgan fingerprint density at radius 1 is 1.32 bits per heavy atom. The number of hydrogen-bond donors (Lipinski definition) is 4. The predicted molar refractivity (Wildman–Crippen MR) is 83.2 cm³/mol. The highest BCUT2D eigenvalue weighted by molar-refractivity contribution is 5.87. The van der Waals surface area contributed by atoms with Gasteiger partial charge in [-0.3, -0.25) is 4.79 Å². The van der Waals surface area contributed by atoms with E-state index in [0.717, 1.165) is 12.0 Å². The first-order valence-corrected chi connectivity index (χ1v) is 7.32. The molecule has 0 radical (unpaired) electrons. The van der Waals surface area contributed by atoms with Gasteiger partial charge in [-0.25, -0.2) is 4.79 Å². The standard InChI is InChI=1S/C15H22N4O3/c1-9(10-2-4-11(5-3-10)19-15(17)21)18-14(20)13-7-6-12(8-16)22-13/h2-5,9,12-13H,6-8,16H2,1H3,(H,18,20)(H3,17,19,21)/t9?,12-,13+/m1/s1. The molecule has 0 aromatic heterocycles. The third-order valence-corrected chi connectivity index (χ3v) is 3.70. The van der Waals surface area contributed by atoms with Crippen LogP contribution < -0.4 is 22.1 Å². The third kappa shape index (κ3) is 4.19. The van der Waals surface area contributed by atoms with Crippen LogP contribution in [0.4, 0.5) is 10.5 Å². The molecule has 120 valence electrons. The zero-order valence-corrected chi connectivity index (χ0v) is 12.5. The lowest BCUT2D eigenvalue weighted by Gasteiger charge is -2.18. The van der Waals surface area contributed by atoms with E-state index < -0.39 is 12.1 Å². The summed E-state index contributed by atoms with van der Waals surface area (Å²) in [5.74, 6) is -0.122. The van der Waals surface area contributed by atoms with Crippen LogP contribution in [0.25, 0.3) is 0 Å². The second-order valence-corrected chi connectivity index (χ2v) is 5.40. The van der Waals surface area contributed by atoms with Crippen LogP contribution in [0.3, 0.4) is 0 Å². The minimum Gasteiger partial charge on any atom is -0.364 e. The molecule has 7 heteroatoms. The van der Waals surface area contributed by atoms with Gasteiger partial charge in [-0.2, -0.15) is 0 Å². The Balaban J connectivity index is 1.90. The van der Waals surface area contributed by atoms with Crippen LogP contribution >= 0.6 is 0 Å². The van der Waals surface area contributed by atoms with E-state index in [0.29, 0.717) is 18.7 Å². The Kier molecular flexibility index (Phi) is 5.35. The minimum atomic E-state index is -0.609. The van der Waals surface area contributed by atoms with E-state index in [1.54, 1.807) is 12.1 Å². The number of carbonyl (C=O) groups excluding carboxylic acids is 2. The molecule has 1 aromatic carbocycles. The van der Waals surface area contributed by atoms with Gasteiger partial charge in [0.15, 0.2) is 0 Å². The summed E-state index contributed by atoms with van der Waals surface area (Å²) in [4.78, 5) is 22.9. The lowest BCUT2D eigenvalue weighted by atomic mass is 10.1. The largest absolute Gasteiger partial charge is 0.364 e. The number of primary amides is 1. The molecule has 3 amide bonds. The van der Waals surface area contributed by atoms with E-state index in [-0.39, 0.29) is 18.1 Å². The Labute approximate surface area is 129 Å². The number of rotatable bonds is 5. The molecule has 3 atom stereocenters. The van der Waals surface area contributed by atoms with E-state index >= 15 is 0 Å². The van der Waals surface area contributed by atoms with Crippen molar-refractivity contribution in [2.24, 2.45) is 11.5 Å². The zero-order chi connectivity index (χ0) is 16.1. The van der Waals surface area contributed by atoms with E-state index in [1.807, 2.05) is 19.1 Å². The molecular weight excluding hydrogens is 284 g/mol. The molecule has 1 heterocycles. The number of carbonyl (C=O) groups is 2. The molecular formula is C15H22N4O3. The van der Waals surface area contributed by atoms with E-state index in [9.17, 15) is 9.59 Å². The van der Waals surface area contributed by atoms with Gasteiger partial charge in [0, 0.05) is 12.2 Å². The van der Waals surface area contributed by atoms with Gasteiger partial charge in [0.05, 0.1) is 12.1 Å². The van der Waals surface area contributed by atoms with Crippen LogP contribution in [0.5, 0.6) is 0 Å². The van der Waals surface area contributed by atoms with Gasteiger partial charge in [-0.05, 0) is 37.5 Å². The highest BCUT2D eigenvalue weighted by Crippen LogP contribution is 2.21. The average Bonchev–Trinajstić information content (AvgIpc) is 2.96. The van der Waals surface area contributed by atoms with Crippen LogP contribution in [-0.2, 0) is 9.53 Å². The molecule has 22 heavy (non-hydrogen) atoms. The van der Waals surface area contributed by atoms with E-state index in [4.69, 9.17) is 16.2 Å². The number of benzene rings is 1. The van der Waals surface area contributed by atoms with Crippen molar-refractivity contribution in [1.82, 2.24) is 5.32 Å². The van der Waals surface area contributed by atoms with Crippen molar-refractivity contribution in [2.45, 2.75) is 38.0 Å². The van der Waals surface area contributed by atoms with E-state index in [2.05, 4.69) is 10.6 Å². The normalized spacial score (nSPS) is 22.1. The Morgan fingerprint density at radius 2 is 2.00 bits per heavy atom. The van der Waals surface area contributed by atoms with Crippen molar-refractivity contribution in [3.05, 3.63) is 29.8 Å². The van der Waals surface area contributed by atoms with Gasteiger partial charge in [0.25, 0.3) is 0 Å². The number of nitrogens with two attached hydrogens (primary N) is 2. The summed E-state index contributed by atoms with van der Waals surface area (Å²) in [6.45, 7) is 2.33. The molecule has 1 unspecified atom stereocenters. The molecule has 1 saturated heterocycles. The fraction of sp³-hybridized carbons (Fsp3) is 0.467. The monoisotopic (exact) mass is 306 g/mol. The Hall–Kier alpha value is -2.12. The molecule has 7 nitrogen and oxygen atoms in total. The molecule has 1 fully saturated rings. The van der Waals surface area contributed by atoms with E-state index in [1.165, 1.54) is 0 Å². The summed E-state index contributed by atoms with van der Waals surface area (Å²) in [5.41, 5.74) is 12.1. The molecule has 1 aromatic rings. The number of anilines is 1. The lowest BCUT2D eigenvalue weighted by Crippen LogP contribution is -2.37. The summed E-state index contributed by atoms with van der Waals surface area (Å²) in [5, 5.41) is 5.41. The number of urea groups is 1. The lowest BCUT2D eigenvalue weighted by molar-refractivity contribution is -0.132. The van der Waals surface area contributed by atoms with Gasteiger partial charge < -0.3 is 26.8 Å². The first-order chi connectivity index (χ1) is 10.5. The maximum absolute atomic E-state index is 12.2. The Morgan fingerprint density at radius 3 is 2.55 bits per heavy atom. The summed E-state index contributed by atoms with van der Waals surface area (Å²) < 4.78 is 5.57. The maximum atomic E-state index is 12.2.